The van der Waals surface area contributed by atoms with Crippen LogP contribution < -0.4 is 5.32 Å². The standard InChI is InChI=1S/C16H23N3OS/c1-4-17-13(3)8-9-16-18-15(19-20-16)11-21-14-7-5-6-12(2)10-14/h5-7,10,13,17H,4,8-9,11H2,1-3H3. The summed E-state index contributed by atoms with van der Waals surface area (Å²) in [6.45, 7) is 7.38. The summed E-state index contributed by atoms with van der Waals surface area (Å²) in [6.07, 6.45) is 1.84. The highest BCUT2D eigenvalue weighted by Crippen LogP contribution is 2.22. The van der Waals surface area contributed by atoms with Crippen LogP contribution in [0, 0.1) is 6.92 Å². The molecule has 5 heteroatoms. The Morgan fingerprint density at radius 3 is 3.00 bits per heavy atom. The number of nitrogens with zero attached hydrogens (tertiary/aromatic N) is 2. The topological polar surface area (TPSA) is 51.0 Å². The van der Waals surface area contributed by atoms with Crippen molar-refractivity contribution in [2.24, 2.45) is 0 Å². The molecule has 0 aliphatic carbocycles. The second-order valence-electron chi connectivity index (χ2n) is 5.21. The average Bonchev–Trinajstić information content (AvgIpc) is 2.91. The molecule has 0 amide bonds. The first kappa shape index (κ1) is 16.0. The van der Waals surface area contributed by atoms with Gasteiger partial charge in [-0.15, -0.1) is 11.8 Å². The monoisotopic (exact) mass is 305 g/mol. The highest BCUT2D eigenvalue weighted by molar-refractivity contribution is 7.98. The van der Waals surface area contributed by atoms with Gasteiger partial charge in [0, 0.05) is 17.4 Å². The molecule has 1 unspecified atom stereocenters. The average molecular weight is 305 g/mol. The van der Waals surface area contributed by atoms with Crippen LogP contribution in [-0.2, 0) is 12.2 Å². The first-order valence-corrected chi connectivity index (χ1v) is 8.40. The molecule has 2 rings (SSSR count). The number of aryl methyl sites for hydroxylation is 2. The molecule has 1 aromatic heterocycles. The van der Waals surface area contributed by atoms with Gasteiger partial charge in [0.15, 0.2) is 5.82 Å². The third-order valence-electron chi connectivity index (χ3n) is 3.21. The number of rotatable bonds is 8. The normalized spacial score (nSPS) is 12.5. The Labute approximate surface area is 130 Å². The van der Waals surface area contributed by atoms with Crippen molar-refractivity contribution < 1.29 is 4.52 Å². The molecule has 21 heavy (non-hydrogen) atoms. The number of benzene rings is 1. The zero-order valence-electron chi connectivity index (χ0n) is 12.9. The van der Waals surface area contributed by atoms with Crippen LogP contribution in [-0.4, -0.2) is 22.7 Å². The Morgan fingerprint density at radius 1 is 1.38 bits per heavy atom. The van der Waals surface area contributed by atoms with E-state index in [-0.39, 0.29) is 0 Å². The Balaban J connectivity index is 1.80. The van der Waals surface area contributed by atoms with Gasteiger partial charge in [0.2, 0.25) is 5.89 Å². The Hall–Kier alpha value is -1.33. The zero-order valence-corrected chi connectivity index (χ0v) is 13.7. The molecule has 0 spiro atoms. The summed E-state index contributed by atoms with van der Waals surface area (Å²) in [5, 5.41) is 7.43. The van der Waals surface area contributed by atoms with Gasteiger partial charge in [0.25, 0.3) is 0 Å². The van der Waals surface area contributed by atoms with E-state index in [4.69, 9.17) is 4.52 Å². The third kappa shape index (κ3) is 5.52. The van der Waals surface area contributed by atoms with Crippen LogP contribution in [0.4, 0.5) is 0 Å². The summed E-state index contributed by atoms with van der Waals surface area (Å²) >= 11 is 1.74. The van der Waals surface area contributed by atoms with Crippen molar-refractivity contribution in [3.63, 3.8) is 0 Å². The van der Waals surface area contributed by atoms with Crippen LogP contribution in [0.3, 0.4) is 0 Å². The van der Waals surface area contributed by atoms with Crippen molar-refractivity contribution in [3.05, 3.63) is 41.5 Å². The fraction of sp³-hybridized carbons (Fsp3) is 0.500. The molecule has 0 radical (unpaired) electrons. The van der Waals surface area contributed by atoms with Crippen molar-refractivity contribution in [1.29, 1.82) is 0 Å². The number of hydrogen-bond donors (Lipinski definition) is 1. The molecular weight excluding hydrogens is 282 g/mol. The van der Waals surface area contributed by atoms with Gasteiger partial charge in [-0.25, -0.2) is 0 Å². The van der Waals surface area contributed by atoms with Crippen molar-refractivity contribution in [2.75, 3.05) is 6.54 Å². The van der Waals surface area contributed by atoms with E-state index in [1.165, 1.54) is 10.5 Å². The smallest absolute Gasteiger partial charge is 0.226 e. The van der Waals surface area contributed by atoms with Gasteiger partial charge in [0.05, 0.1) is 5.75 Å². The van der Waals surface area contributed by atoms with Crippen molar-refractivity contribution in [2.45, 2.75) is 50.3 Å². The van der Waals surface area contributed by atoms with Crippen LogP contribution in [0.25, 0.3) is 0 Å². The van der Waals surface area contributed by atoms with E-state index in [2.05, 4.69) is 60.5 Å². The predicted octanol–water partition coefficient (Wildman–Crippen LogP) is 3.60. The lowest BCUT2D eigenvalue weighted by Crippen LogP contribution is -2.25. The first-order chi connectivity index (χ1) is 10.2. The fourth-order valence-electron chi connectivity index (χ4n) is 2.09. The summed E-state index contributed by atoms with van der Waals surface area (Å²) < 4.78 is 5.30. The minimum atomic E-state index is 0.479. The largest absolute Gasteiger partial charge is 0.339 e. The van der Waals surface area contributed by atoms with Crippen molar-refractivity contribution in [3.8, 4) is 0 Å². The molecule has 1 aromatic carbocycles. The van der Waals surface area contributed by atoms with Gasteiger partial charge in [-0.1, -0.05) is 29.8 Å². The Morgan fingerprint density at radius 2 is 2.24 bits per heavy atom. The number of thioether (sulfide) groups is 1. The van der Waals surface area contributed by atoms with Crippen LogP contribution in [0.5, 0.6) is 0 Å². The highest BCUT2D eigenvalue weighted by Gasteiger charge is 2.09. The summed E-state index contributed by atoms with van der Waals surface area (Å²) in [4.78, 5) is 5.69. The zero-order chi connectivity index (χ0) is 15.1. The minimum absolute atomic E-state index is 0.479. The Kier molecular flexibility index (Phi) is 6.26. The molecule has 0 aliphatic heterocycles. The van der Waals surface area contributed by atoms with Crippen molar-refractivity contribution >= 4 is 11.8 Å². The van der Waals surface area contributed by atoms with E-state index in [1.54, 1.807) is 11.8 Å². The molecule has 0 aliphatic rings. The van der Waals surface area contributed by atoms with Gasteiger partial charge >= 0.3 is 0 Å². The third-order valence-corrected chi connectivity index (χ3v) is 4.20. The van der Waals surface area contributed by atoms with E-state index in [1.807, 2.05) is 0 Å². The molecular formula is C16H23N3OS. The van der Waals surface area contributed by atoms with Crippen LogP contribution in [0.2, 0.25) is 0 Å². The molecule has 1 N–H and O–H groups in total. The van der Waals surface area contributed by atoms with Gasteiger partial charge < -0.3 is 9.84 Å². The molecule has 114 valence electrons. The molecule has 2 aromatic rings. The molecule has 1 heterocycles. The molecule has 0 saturated heterocycles. The first-order valence-electron chi connectivity index (χ1n) is 7.41. The van der Waals surface area contributed by atoms with Gasteiger partial charge in [-0.05, 0) is 38.9 Å². The predicted molar refractivity (Wildman–Crippen MR) is 86.5 cm³/mol. The summed E-state index contributed by atoms with van der Waals surface area (Å²) in [5.74, 6) is 2.25. The highest BCUT2D eigenvalue weighted by atomic mass is 32.2. The van der Waals surface area contributed by atoms with Gasteiger partial charge in [-0.2, -0.15) is 4.98 Å². The second kappa shape index (κ2) is 8.20. The van der Waals surface area contributed by atoms with Crippen molar-refractivity contribution in [1.82, 2.24) is 15.5 Å². The van der Waals surface area contributed by atoms with E-state index in [9.17, 15) is 0 Å². The van der Waals surface area contributed by atoms with E-state index < -0.39 is 0 Å². The van der Waals surface area contributed by atoms with Crippen LogP contribution in [0.15, 0.2) is 33.7 Å². The lowest BCUT2D eigenvalue weighted by molar-refractivity contribution is 0.364. The fourth-order valence-corrected chi connectivity index (χ4v) is 2.95. The summed E-state index contributed by atoms with van der Waals surface area (Å²) in [7, 11) is 0. The number of aromatic nitrogens is 2. The number of hydrogen-bond acceptors (Lipinski definition) is 5. The quantitative estimate of drug-likeness (QED) is 0.755. The molecule has 1 atom stereocenters. The van der Waals surface area contributed by atoms with Gasteiger partial charge in [-0.3, -0.25) is 0 Å². The molecule has 0 bridgehead atoms. The van der Waals surface area contributed by atoms with E-state index in [0.29, 0.717) is 6.04 Å². The SMILES string of the molecule is CCNC(C)CCc1nc(CSc2cccc(C)c2)no1. The molecule has 0 fully saturated rings. The van der Waals surface area contributed by atoms with Gasteiger partial charge in [0.1, 0.15) is 0 Å². The van der Waals surface area contributed by atoms with E-state index >= 15 is 0 Å². The Bertz CT molecular complexity index is 556. The van der Waals surface area contributed by atoms with Crippen LogP contribution in [0.1, 0.15) is 37.5 Å². The maximum atomic E-state index is 5.30. The lowest BCUT2D eigenvalue weighted by atomic mass is 10.2. The maximum Gasteiger partial charge on any atom is 0.226 e. The minimum Gasteiger partial charge on any atom is -0.339 e. The van der Waals surface area contributed by atoms with Crippen LogP contribution >= 0.6 is 11.8 Å². The second-order valence-corrected chi connectivity index (χ2v) is 6.26. The molecule has 0 saturated carbocycles. The molecule has 4 nitrogen and oxygen atoms in total. The lowest BCUT2D eigenvalue weighted by Gasteiger charge is -2.09. The number of nitrogens with one attached hydrogen (secondary N) is 1. The summed E-state index contributed by atoms with van der Waals surface area (Å²) in [5.41, 5.74) is 1.27. The summed E-state index contributed by atoms with van der Waals surface area (Å²) in [6, 6.07) is 8.93. The maximum absolute atomic E-state index is 5.30. The van der Waals surface area contributed by atoms with E-state index in [0.717, 1.165) is 36.9 Å².